The van der Waals surface area contributed by atoms with Gasteiger partial charge in [0.05, 0.1) is 29.0 Å². The third kappa shape index (κ3) is 3.15. The number of hydroxylamine groups is 1. The molecular weight excluding hydrogens is 414 g/mol. The van der Waals surface area contributed by atoms with Gasteiger partial charge in [0.1, 0.15) is 5.92 Å². The SMILES string of the molecule is N#Cc1ccc([C@@H]2[C@H]3C(=O)N(c4ccc(Cl)cc4)C(=O)[C@@H]3ON2c2ccccc2)cc1. The number of carbonyl (C=O) groups is 2. The third-order valence-electron chi connectivity index (χ3n) is 5.59. The second kappa shape index (κ2) is 7.55. The van der Waals surface area contributed by atoms with Crippen LogP contribution in [-0.4, -0.2) is 17.9 Å². The van der Waals surface area contributed by atoms with Crippen molar-refractivity contribution in [3.8, 4) is 6.07 Å². The van der Waals surface area contributed by atoms with Gasteiger partial charge in [-0.3, -0.25) is 14.4 Å². The predicted molar refractivity (Wildman–Crippen MR) is 115 cm³/mol. The van der Waals surface area contributed by atoms with Gasteiger partial charge >= 0.3 is 0 Å². The Morgan fingerprint density at radius 2 is 1.52 bits per heavy atom. The number of rotatable bonds is 3. The smallest absolute Gasteiger partial charge is 0.266 e. The Bertz CT molecular complexity index is 1190. The first kappa shape index (κ1) is 19.3. The lowest BCUT2D eigenvalue weighted by molar-refractivity contribution is -0.126. The molecule has 3 atom stereocenters. The zero-order valence-electron chi connectivity index (χ0n) is 16.2. The molecule has 0 bridgehead atoms. The van der Waals surface area contributed by atoms with Crippen LogP contribution in [0.5, 0.6) is 0 Å². The van der Waals surface area contributed by atoms with Crippen LogP contribution in [0.25, 0.3) is 0 Å². The predicted octanol–water partition coefficient (Wildman–Crippen LogP) is 4.26. The van der Waals surface area contributed by atoms with E-state index in [9.17, 15) is 9.59 Å². The van der Waals surface area contributed by atoms with Crippen LogP contribution in [0.15, 0.2) is 78.9 Å². The number of halogens is 1. The Morgan fingerprint density at radius 3 is 2.16 bits per heavy atom. The van der Waals surface area contributed by atoms with Gasteiger partial charge < -0.3 is 0 Å². The molecule has 2 aliphatic rings. The lowest BCUT2D eigenvalue weighted by Gasteiger charge is -2.28. The van der Waals surface area contributed by atoms with Crippen LogP contribution in [0.4, 0.5) is 11.4 Å². The van der Waals surface area contributed by atoms with E-state index in [4.69, 9.17) is 21.7 Å². The molecule has 2 aliphatic heterocycles. The molecule has 0 N–H and O–H groups in total. The van der Waals surface area contributed by atoms with Crippen LogP contribution in [-0.2, 0) is 14.4 Å². The molecule has 3 aromatic carbocycles. The van der Waals surface area contributed by atoms with Crippen LogP contribution in [0, 0.1) is 17.2 Å². The minimum Gasteiger partial charge on any atom is -0.273 e. The maximum Gasteiger partial charge on any atom is 0.266 e. The first-order chi connectivity index (χ1) is 15.1. The molecule has 0 radical (unpaired) electrons. The maximum atomic E-state index is 13.5. The lowest BCUT2D eigenvalue weighted by Crippen LogP contribution is -2.37. The minimum atomic E-state index is -0.941. The van der Waals surface area contributed by atoms with Gasteiger partial charge in [-0.1, -0.05) is 41.9 Å². The second-order valence-electron chi connectivity index (χ2n) is 7.38. The second-order valence-corrected chi connectivity index (χ2v) is 7.82. The van der Waals surface area contributed by atoms with E-state index in [0.717, 1.165) is 11.3 Å². The topological polar surface area (TPSA) is 73.6 Å². The summed E-state index contributed by atoms with van der Waals surface area (Å²) in [6.45, 7) is 0. The van der Waals surface area contributed by atoms with Gasteiger partial charge in [0, 0.05) is 5.02 Å². The highest BCUT2D eigenvalue weighted by molar-refractivity contribution is 6.31. The van der Waals surface area contributed by atoms with Gasteiger partial charge in [-0.2, -0.15) is 5.26 Å². The zero-order valence-corrected chi connectivity index (χ0v) is 16.9. The highest BCUT2D eigenvalue weighted by atomic mass is 35.5. The van der Waals surface area contributed by atoms with Crippen LogP contribution in [0.1, 0.15) is 17.2 Å². The van der Waals surface area contributed by atoms with E-state index in [2.05, 4.69) is 6.07 Å². The zero-order chi connectivity index (χ0) is 21.5. The molecule has 6 nitrogen and oxygen atoms in total. The summed E-state index contributed by atoms with van der Waals surface area (Å²) < 4.78 is 0. The van der Waals surface area contributed by atoms with E-state index in [1.807, 2.05) is 30.3 Å². The fourth-order valence-electron chi connectivity index (χ4n) is 4.15. The van der Waals surface area contributed by atoms with Gasteiger partial charge in [0.2, 0.25) is 5.91 Å². The number of imide groups is 1. The molecule has 2 fully saturated rings. The summed E-state index contributed by atoms with van der Waals surface area (Å²) in [5.74, 6) is -1.46. The third-order valence-corrected chi connectivity index (χ3v) is 5.84. The number of hydrogen-bond acceptors (Lipinski definition) is 5. The standard InChI is InChI=1S/C24H16ClN3O3/c25-17-10-12-18(13-11-17)27-23(29)20-21(16-8-6-15(14-26)7-9-16)28(31-22(20)24(27)30)19-4-2-1-3-5-19/h1-13,20-22H/t20-,21-,22-/m1/s1. The Kier molecular flexibility index (Phi) is 4.70. The number of nitriles is 1. The van der Waals surface area contributed by atoms with E-state index in [1.54, 1.807) is 53.6 Å². The number of anilines is 2. The van der Waals surface area contributed by atoms with E-state index in [0.29, 0.717) is 16.3 Å². The summed E-state index contributed by atoms with van der Waals surface area (Å²) in [4.78, 5) is 33.9. The highest BCUT2D eigenvalue weighted by Gasteiger charge is 2.60. The van der Waals surface area contributed by atoms with Crippen molar-refractivity contribution in [2.45, 2.75) is 12.1 Å². The highest BCUT2D eigenvalue weighted by Crippen LogP contribution is 2.47. The molecule has 2 saturated heterocycles. The van der Waals surface area contributed by atoms with Crippen molar-refractivity contribution in [1.82, 2.24) is 0 Å². The molecule has 5 rings (SSSR count). The van der Waals surface area contributed by atoms with E-state index in [1.165, 1.54) is 4.90 Å². The molecule has 3 aromatic rings. The molecule has 31 heavy (non-hydrogen) atoms. The van der Waals surface area contributed by atoms with Crippen molar-refractivity contribution in [2.75, 3.05) is 9.96 Å². The van der Waals surface area contributed by atoms with E-state index >= 15 is 0 Å². The Labute approximate surface area is 183 Å². The monoisotopic (exact) mass is 429 g/mol. The van der Waals surface area contributed by atoms with Crippen molar-refractivity contribution in [1.29, 1.82) is 5.26 Å². The fourth-order valence-corrected chi connectivity index (χ4v) is 4.28. The molecule has 152 valence electrons. The quantitative estimate of drug-likeness (QED) is 0.581. The number of carbonyl (C=O) groups excluding carboxylic acids is 2. The van der Waals surface area contributed by atoms with Crippen molar-refractivity contribution in [2.24, 2.45) is 5.92 Å². The number of para-hydroxylation sites is 1. The van der Waals surface area contributed by atoms with Gasteiger partial charge in [0.25, 0.3) is 5.91 Å². The molecular formula is C24H16ClN3O3. The van der Waals surface area contributed by atoms with Gasteiger partial charge in [-0.25, -0.2) is 9.96 Å². The first-order valence-corrected chi connectivity index (χ1v) is 10.1. The van der Waals surface area contributed by atoms with Gasteiger partial charge in [-0.05, 0) is 54.1 Å². The number of benzene rings is 3. The number of nitrogens with zero attached hydrogens (tertiary/aromatic N) is 3. The number of hydrogen-bond donors (Lipinski definition) is 0. The first-order valence-electron chi connectivity index (χ1n) is 9.73. The van der Waals surface area contributed by atoms with Crippen LogP contribution in [0.2, 0.25) is 5.02 Å². The van der Waals surface area contributed by atoms with E-state index in [-0.39, 0.29) is 5.91 Å². The van der Waals surface area contributed by atoms with Crippen molar-refractivity contribution in [3.63, 3.8) is 0 Å². The summed E-state index contributed by atoms with van der Waals surface area (Å²) in [7, 11) is 0. The van der Waals surface area contributed by atoms with Crippen LogP contribution in [0.3, 0.4) is 0 Å². The Hall–Kier alpha value is -3.66. The van der Waals surface area contributed by atoms with Gasteiger partial charge in [-0.15, -0.1) is 0 Å². The largest absolute Gasteiger partial charge is 0.273 e. The number of fused-ring (bicyclic) bond motifs is 1. The van der Waals surface area contributed by atoms with Crippen molar-refractivity contribution >= 4 is 34.8 Å². The lowest BCUT2D eigenvalue weighted by atomic mass is 9.90. The summed E-state index contributed by atoms with van der Waals surface area (Å²) in [5.41, 5.74) is 2.50. The van der Waals surface area contributed by atoms with Crippen LogP contribution < -0.4 is 9.96 Å². The average molecular weight is 430 g/mol. The molecule has 7 heteroatoms. The van der Waals surface area contributed by atoms with Crippen LogP contribution >= 0.6 is 11.6 Å². The number of amides is 2. The molecule has 0 saturated carbocycles. The van der Waals surface area contributed by atoms with Gasteiger partial charge in [0.15, 0.2) is 6.10 Å². The fraction of sp³-hybridized carbons (Fsp3) is 0.125. The maximum absolute atomic E-state index is 13.5. The molecule has 2 amide bonds. The summed E-state index contributed by atoms with van der Waals surface area (Å²) >= 11 is 5.96. The summed E-state index contributed by atoms with van der Waals surface area (Å²) in [5, 5.41) is 11.3. The Balaban J connectivity index is 1.58. The van der Waals surface area contributed by atoms with E-state index < -0.39 is 24.0 Å². The minimum absolute atomic E-state index is 0.329. The summed E-state index contributed by atoms with van der Waals surface area (Å²) in [6.07, 6.45) is -0.941. The normalized spacial score (nSPS) is 22.5. The molecule has 0 unspecified atom stereocenters. The van der Waals surface area contributed by atoms with Crippen molar-refractivity contribution in [3.05, 3.63) is 95.0 Å². The average Bonchev–Trinajstić information content (AvgIpc) is 3.31. The summed E-state index contributed by atoms with van der Waals surface area (Å²) in [6, 6.07) is 24.5. The molecule has 0 spiro atoms. The molecule has 0 aliphatic carbocycles. The Morgan fingerprint density at radius 1 is 0.839 bits per heavy atom. The molecule has 2 heterocycles. The van der Waals surface area contributed by atoms with Crippen molar-refractivity contribution < 1.29 is 14.4 Å². The molecule has 0 aromatic heterocycles.